The van der Waals surface area contributed by atoms with Crippen LogP contribution in [0.15, 0.2) is 48.5 Å². The average Bonchev–Trinajstić information content (AvgIpc) is 3.48. The fourth-order valence-electron chi connectivity index (χ4n) is 5.46. The van der Waals surface area contributed by atoms with Crippen LogP contribution in [-0.4, -0.2) is 50.3 Å². The van der Waals surface area contributed by atoms with E-state index < -0.39 is 28.3 Å². The molecule has 2 aromatic rings. The van der Waals surface area contributed by atoms with Gasteiger partial charge < -0.3 is 4.90 Å². The summed E-state index contributed by atoms with van der Waals surface area (Å²) in [6.45, 7) is 0.428. The van der Waals surface area contributed by atoms with E-state index in [4.69, 9.17) is 0 Å². The van der Waals surface area contributed by atoms with Crippen LogP contribution in [0.3, 0.4) is 0 Å². The summed E-state index contributed by atoms with van der Waals surface area (Å²) >= 11 is 0. The largest absolute Gasteiger partial charge is 0.337 e. The van der Waals surface area contributed by atoms with E-state index in [2.05, 4.69) is 4.72 Å². The molecule has 5 rings (SSSR count). The van der Waals surface area contributed by atoms with Crippen molar-refractivity contribution < 1.29 is 22.0 Å². The number of alkyl halides is 1. The van der Waals surface area contributed by atoms with Crippen LogP contribution in [0.2, 0.25) is 0 Å². The summed E-state index contributed by atoms with van der Waals surface area (Å²) in [5.74, 6) is -0.883. The van der Waals surface area contributed by atoms with Gasteiger partial charge in [-0.1, -0.05) is 48.5 Å². The standard InChI is InChI=1S/C25H28F2N2O3S/c1-33(31,32)28-23-21(29(15-25(23)10-11-25)24(30)18-12-19(26)13-18)14-17-8-5-9-20(22(17)27)16-6-3-2-4-7-16/h2-9,18-19,21,23,28H,10-15H2,1H3/t18-,19+,21?,23?. The number of benzene rings is 2. The number of halogens is 2. The minimum atomic E-state index is -3.54. The molecule has 2 unspecified atom stereocenters. The lowest BCUT2D eigenvalue weighted by Crippen LogP contribution is -2.51. The molecule has 2 atom stereocenters. The zero-order valence-corrected chi connectivity index (χ0v) is 19.3. The van der Waals surface area contributed by atoms with Gasteiger partial charge in [-0.15, -0.1) is 0 Å². The molecule has 1 amide bonds. The number of hydrogen-bond donors (Lipinski definition) is 1. The predicted octanol–water partition coefficient (Wildman–Crippen LogP) is 3.69. The summed E-state index contributed by atoms with van der Waals surface area (Å²) in [6.07, 6.45) is 2.38. The van der Waals surface area contributed by atoms with Gasteiger partial charge in [0.2, 0.25) is 15.9 Å². The summed E-state index contributed by atoms with van der Waals surface area (Å²) in [7, 11) is -3.54. The van der Waals surface area contributed by atoms with Crippen molar-refractivity contribution in [3.63, 3.8) is 0 Å². The average molecular weight is 475 g/mol. The van der Waals surface area contributed by atoms with Crippen LogP contribution in [0.5, 0.6) is 0 Å². The lowest BCUT2D eigenvalue weighted by Gasteiger charge is -2.36. The van der Waals surface area contributed by atoms with Crippen LogP contribution in [0, 0.1) is 17.2 Å². The molecule has 2 aromatic carbocycles. The van der Waals surface area contributed by atoms with Crippen LogP contribution < -0.4 is 4.72 Å². The third kappa shape index (κ3) is 4.30. The fraction of sp³-hybridized carbons (Fsp3) is 0.480. The van der Waals surface area contributed by atoms with Crippen molar-refractivity contribution in [2.24, 2.45) is 11.3 Å². The monoisotopic (exact) mass is 474 g/mol. The highest BCUT2D eigenvalue weighted by Gasteiger charge is 2.61. The number of nitrogens with one attached hydrogen (secondary N) is 1. The van der Waals surface area contributed by atoms with Gasteiger partial charge in [-0.05, 0) is 43.2 Å². The summed E-state index contributed by atoms with van der Waals surface area (Å²) in [5, 5.41) is 0. The maximum absolute atomic E-state index is 15.6. The van der Waals surface area contributed by atoms with Crippen molar-refractivity contribution in [2.45, 2.75) is 50.4 Å². The lowest BCUT2D eigenvalue weighted by molar-refractivity contribution is -0.141. The summed E-state index contributed by atoms with van der Waals surface area (Å²) < 4.78 is 56.2. The van der Waals surface area contributed by atoms with Crippen molar-refractivity contribution in [1.29, 1.82) is 0 Å². The van der Waals surface area contributed by atoms with Crippen LogP contribution in [0.1, 0.15) is 31.2 Å². The van der Waals surface area contributed by atoms with Crippen LogP contribution in [-0.2, 0) is 21.2 Å². The highest BCUT2D eigenvalue weighted by atomic mass is 32.2. The Morgan fingerprint density at radius 2 is 1.82 bits per heavy atom. The van der Waals surface area contributed by atoms with E-state index >= 15 is 4.39 Å². The van der Waals surface area contributed by atoms with Gasteiger partial charge in [0.05, 0.1) is 12.3 Å². The molecule has 0 aromatic heterocycles. The molecule has 1 spiro atoms. The number of rotatable bonds is 6. The van der Waals surface area contributed by atoms with Gasteiger partial charge in [-0.3, -0.25) is 4.79 Å². The van der Waals surface area contributed by atoms with Crippen molar-refractivity contribution >= 4 is 15.9 Å². The van der Waals surface area contributed by atoms with E-state index in [0.717, 1.165) is 24.7 Å². The molecule has 0 radical (unpaired) electrons. The Bertz CT molecular complexity index is 1160. The Kier molecular flexibility index (Phi) is 5.56. The molecule has 1 heterocycles. The second kappa shape index (κ2) is 8.17. The van der Waals surface area contributed by atoms with Crippen molar-refractivity contribution in [3.05, 3.63) is 59.9 Å². The lowest BCUT2D eigenvalue weighted by atomic mass is 9.82. The molecule has 3 aliphatic rings. The number of sulfonamides is 1. The van der Waals surface area contributed by atoms with E-state index in [1.54, 1.807) is 23.1 Å². The maximum Gasteiger partial charge on any atom is 0.226 e. The SMILES string of the molecule is CS(=O)(=O)NC1C(Cc2cccc(-c3ccccc3)c2F)N(C(=O)[C@H]2C[C@@H](F)C2)CC12CC2. The van der Waals surface area contributed by atoms with Gasteiger partial charge in [0.25, 0.3) is 0 Å². The summed E-state index contributed by atoms with van der Waals surface area (Å²) in [4.78, 5) is 15.0. The Morgan fingerprint density at radius 3 is 2.42 bits per heavy atom. The van der Waals surface area contributed by atoms with Crippen molar-refractivity contribution in [1.82, 2.24) is 9.62 Å². The van der Waals surface area contributed by atoms with E-state index in [1.807, 2.05) is 30.3 Å². The van der Waals surface area contributed by atoms with Crippen molar-refractivity contribution in [2.75, 3.05) is 12.8 Å². The molecule has 2 saturated carbocycles. The van der Waals surface area contributed by atoms with Crippen LogP contribution in [0.25, 0.3) is 11.1 Å². The second-order valence-corrected chi connectivity index (χ2v) is 11.7. The highest BCUT2D eigenvalue weighted by Crippen LogP contribution is 2.56. The molecule has 1 saturated heterocycles. The quantitative estimate of drug-likeness (QED) is 0.695. The van der Waals surface area contributed by atoms with Gasteiger partial charge in [0, 0.05) is 29.5 Å². The Labute approximate surface area is 193 Å². The molecule has 1 aliphatic heterocycles. The molecule has 176 valence electrons. The molecule has 2 aliphatic carbocycles. The van der Waals surface area contributed by atoms with E-state index in [1.165, 1.54) is 0 Å². The molecule has 3 fully saturated rings. The van der Waals surface area contributed by atoms with Crippen molar-refractivity contribution in [3.8, 4) is 11.1 Å². The van der Waals surface area contributed by atoms with E-state index in [0.29, 0.717) is 17.7 Å². The molecular weight excluding hydrogens is 446 g/mol. The maximum atomic E-state index is 15.6. The van der Waals surface area contributed by atoms with Crippen LogP contribution >= 0.6 is 0 Å². The number of likely N-dealkylation sites (tertiary alicyclic amines) is 1. The Hall–Kier alpha value is -2.32. The molecule has 1 N–H and O–H groups in total. The number of carbonyl (C=O) groups excluding carboxylic acids is 1. The highest BCUT2D eigenvalue weighted by molar-refractivity contribution is 7.88. The van der Waals surface area contributed by atoms with Gasteiger partial charge in [0.15, 0.2) is 0 Å². The van der Waals surface area contributed by atoms with E-state index in [9.17, 15) is 17.6 Å². The predicted molar refractivity (Wildman–Crippen MR) is 122 cm³/mol. The third-order valence-corrected chi connectivity index (χ3v) is 8.15. The molecule has 33 heavy (non-hydrogen) atoms. The smallest absolute Gasteiger partial charge is 0.226 e. The first-order valence-corrected chi connectivity index (χ1v) is 13.3. The zero-order chi connectivity index (χ0) is 23.4. The number of amides is 1. The Morgan fingerprint density at radius 1 is 1.12 bits per heavy atom. The first kappa shape index (κ1) is 22.5. The third-order valence-electron chi connectivity index (χ3n) is 7.47. The minimum absolute atomic E-state index is 0.141. The fourth-order valence-corrected chi connectivity index (χ4v) is 6.33. The van der Waals surface area contributed by atoms with E-state index in [-0.39, 0.29) is 42.3 Å². The first-order valence-electron chi connectivity index (χ1n) is 11.4. The number of hydrogen-bond acceptors (Lipinski definition) is 3. The normalized spacial score (nSPS) is 28.0. The van der Waals surface area contributed by atoms with Gasteiger partial charge in [-0.2, -0.15) is 0 Å². The summed E-state index contributed by atoms with van der Waals surface area (Å²) in [5.41, 5.74) is 1.34. The molecule has 0 bridgehead atoms. The molecule has 8 heteroatoms. The Balaban J connectivity index is 1.49. The number of nitrogens with zero attached hydrogens (tertiary/aromatic N) is 1. The first-order chi connectivity index (χ1) is 15.7. The second-order valence-electron chi connectivity index (χ2n) is 9.88. The summed E-state index contributed by atoms with van der Waals surface area (Å²) in [6, 6.07) is 13.4. The minimum Gasteiger partial charge on any atom is -0.337 e. The molecular formula is C25H28F2N2O3S. The van der Waals surface area contributed by atoms with Gasteiger partial charge in [0.1, 0.15) is 12.0 Å². The topological polar surface area (TPSA) is 66.5 Å². The van der Waals surface area contributed by atoms with Crippen LogP contribution in [0.4, 0.5) is 8.78 Å². The molecule has 5 nitrogen and oxygen atoms in total. The number of carbonyl (C=O) groups is 1. The van der Waals surface area contributed by atoms with Gasteiger partial charge in [-0.25, -0.2) is 21.9 Å². The van der Waals surface area contributed by atoms with Gasteiger partial charge >= 0.3 is 0 Å². The zero-order valence-electron chi connectivity index (χ0n) is 18.5.